The fourth-order valence-electron chi connectivity index (χ4n) is 2.58. The molecule has 0 aliphatic heterocycles. The molecule has 2 nitrogen and oxygen atoms in total. The van der Waals surface area contributed by atoms with E-state index < -0.39 is 0 Å². The zero-order chi connectivity index (χ0) is 14.0. The smallest absolute Gasteiger partial charge is 0.116 e. The van der Waals surface area contributed by atoms with Crippen molar-refractivity contribution in [1.29, 1.82) is 0 Å². The second-order valence-corrected chi connectivity index (χ2v) is 6.49. The van der Waals surface area contributed by atoms with Gasteiger partial charge < -0.3 is 10.8 Å². The van der Waals surface area contributed by atoms with Crippen LogP contribution in [0.25, 0.3) is 10.8 Å². The van der Waals surface area contributed by atoms with Crippen LogP contribution in [0, 0.1) is 5.41 Å². The van der Waals surface area contributed by atoms with Crippen LogP contribution in [0.5, 0.6) is 5.75 Å². The van der Waals surface area contributed by atoms with E-state index in [1.807, 2.05) is 6.07 Å². The SMILES string of the molecule is CC(C)(C)CC(CN)c1ccc2cc(O)ccc2c1. The van der Waals surface area contributed by atoms with Gasteiger partial charge in [-0.15, -0.1) is 0 Å². The first kappa shape index (κ1) is 13.9. The first-order valence-corrected chi connectivity index (χ1v) is 6.82. The highest BCUT2D eigenvalue weighted by atomic mass is 16.3. The predicted molar refractivity (Wildman–Crippen MR) is 81.5 cm³/mol. The Labute approximate surface area is 115 Å². The van der Waals surface area contributed by atoms with E-state index in [0.717, 1.165) is 17.2 Å². The third kappa shape index (κ3) is 3.48. The lowest BCUT2D eigenvalue weighted by atomic mass is 9.81. The normalized spacial score (nSPS) is 13.7. The van der Waals surface area contributed by atoms with Gasteiger partial charge in [0.25, 0.3) is 0 Å². The highest BCUT2D eigenvalue weighted by Gasteiger charge is 2.19. The molecule has 0 aliphatic rings. The number of phenolic OH excluding ortho intramolecular Hbond substituents is 1. The summed E-state index contributed by atoms with van der Waals surface area (Å²) in [6.07, 6.45) is 1.08. The molecule has 0 aromatic heterocycles. The van der Waals surface area contributed by atoms with Crippen LogP contribution in [0.2, 0.25) is 0 Å². The van der Waals surface area contributed by atoms with E-state index in [1.54, 1.807) is 12.1 Å². The summed E-state index contributed by atoms with van der Waals surface area (Å²) in [5.41, 5.74) is 7.50. The van der Waals surface area contributed by atoms with Gasteiger partial charge in [-0.1, -0.05) is 45.0 Å². The van der Waals surface area contributed by atoms with Gasteiger partial charge in [0.1, 0.15) is 5.75 Å². The van der Waals surface area contributed by atoms with Gasteiger partial charge in [-0.2, -0.15) is 0 Å². The Balaban J connectivity index is 2.36. The summed E-state index contributed by atoms with van der Waals surface area (Å²) >= 11 is 0. The van der Waals surface area contributed by atoms with Crippen molar-refractivity contribution in [3.05, 3.63) is 42.0 Å². The summed E-state index contributed by atoms with van der Waals surface area (Å²) in [6, 6.07) is 11.9. The fourth-order valence-corrected chi connectivity index (χ4v) is 2.58. The summed E-state index contributed by atoms with van der Waals surface area (Å²) in [7, 11) is 0. The van der Waals surface area contributed by atoms with Crippen molar-refractivity contribution in [1.82, 2.24) is 0 Å². The lowest BCUT2D eigenvalue weighted by molar-refractivity contribution is 0.342. The van der Waals surface area contributed by atoms with Gasteiger partial charge in [0.05, 0.1) is 0 Å². The van der Waals surface area contributed by atoms with E-state index in [-0.39, 0.29) is 5.41 Å². The summed E-state index contributed by atoms with van der Waals surface area (Å²) in [5.74, 6) is 0.698. The molecule has 2 rings (SSSR count). The summed E-state index contributed by atoms with van der Waals surface area (Å²) in [6.45, 7) is 7.40. The third-order valence-corrected chi connectivity index (χ3v) is 3.46. The molecule has 0 bridgehead atoms. The van der Waals surface area contributed by atoms with Gasteiger partial charge in [0.15, 0.2) is 0 Å². The second-order valence-electron chi connectivity index (χ2n) is 6.49. The molecule has 0 heterocycles. The van der Waals surface area contributed by atoms with Crippen LogP contribution in [0.3, 0.4) is 0 Å². The van der Waals surface area contributed by atoms with Crippen LogP contribution in [-0.4, -0.2) is 11.7 Å². The molecule has 1 unspecified atom stereocenters. The molecule has 2 heteroatoms. The number of hydrogen-bond donors (Lipinski definition) is 2. The number of phenols is 1. The van der Waals surface area contributed by atoms with Gasteiger partial charge in [0.2, 0.25) is 0 Å². The lowest BCUT2D eigenvalue weighted by Crippen LogP contribution is -2.19. The summed E-state index contributed by atoms with van der Waals surface area (Å²) in [5, 5.41) is 11.7. The van der Waals surface area contributed by atoms with Gasteiger partial charge in [0, 0.05) is 0 Å². The zero-order valence-corrected chi connectivity index (χ0v) is 12.0. The molecule has 102 valence electrons. The van der Waals surface area contributed by atoms with E-state index in [4.69, 9.17) is 5.73 Å². The molecular weight excluding hydrogens is 234 g/mol. The van der Waals surface area contributed by atoms with Crippen LogP contribution in [0.4, 0.5) is 0 Å². The molecule has 0 spiro atoms. The number of aromatic hydroxyl groups is 1. The minimum absolute atomic E-state index is 0.272. The molecule has 2 aromatic rings. The van der Waals surface area contributed by atoms with Crippen LogP contribution < -0.4 is 5.73 Å². The van der Waals surface area contributed by atoms with E-state index >= 15 is 0 Å². The van der Waals surface area contributed by atoms with Gasteiger partial charge in [-0.3, -0.25) is 0 Å². The number of rotatable bonds is 3. The van der Waals surface area contributed by atoms with E-state index in [1.165, 1.54) is 5.56 Å². The molecule has 0 saturated carbocycles. The molecule has 0 fully saturated rings. The minimum atomic E-state index is 0.272. The van der Waals surface area contributed by atoms with Crippen molar-refractivity contribution >= 4 is 10.8 Å². The lowest BCUT2D eigenvalue weighted by Gasteiger charge is -2.25. The van der Waals surface area contributed by atoms with Crippen molar-refractivity contribution in [3.63, 3.8) is 0 Å². The minimum Gasteiger partial charge on any atom is -0.508 e. The Hall–Kier alpha value is -1.54. The number of nitrogens with two attached hydrogens (primary N) is 1. The largest absolute Gasteiger partial charge is 0.508 e. The maximum absolute atomic E-state index is 9.49. The maximum atomic E-state index is 9.49. The zero-order valence-electron chi connectivity index (χ0n) is 12.0. The average molecular weight is 257 g/mol. The quantitative estimate of drug-likeness (QED) is 0.872. The van der Waals surface area contributed by atoms with Gasteiger partial charge >= 0.3 is 0 Å². The van der Waals surface area contributed by atoms with Crippen molar-refractivity contribution < 1.29 is 5.11 Å². The van der Waals surface area contributed by atoms with Crippen molar-refractivity contribution in [3.8, 4) is 5.75 Å². The highest BCUT2D eigenvalue weighted by Crippen LogP contribution is 2.32. The first-order valence-electron chi connectivity index (χ1n) is 6.82. The Morgan fingerprint density at radius 3 is 2.32 bits per heavy atom. The standard InChI is InChI=1S/C17H23NO/c1-17(2,3)10-15(11-18)13-4-5-14-9-16(19)7-6-12(14)8-13/h4-9,15,19H,10-11,18H2,1-3H3. The van der Waals surface area contributed by atoms with Crippen molar-refractivity contribution in [2.45, 2.75) is 33.1 Å². The van der Waals surface area contributed by atoms with Crippen LogP contribution >= 0.6 is 0 Å². The molecule has 1 atom stereocenters. The predicted octanol–water partition coefficient (Wildman–Crippen LogP) is 4.02. The van der Waals surface area contributed by atoms with Gasteiger partial charge in [-0.05, 0) is 52.8 Å². The van der Waals surface area contributed by atoms with Crippen LogP contribution in [0.1, 0.15) is 38.7 Å². The number of hydrogen-bond acceptors (Lipinski definition) is 2. The highest BCUT2D eigenvalue weighted by molar-refractivity contribution is 5.84. The molecule has 19 heavy (non-hydrogen) atoms. The second kappa shape index (κ2) is 5.22. The van der Waals surface area contributed by atoms with E-state index in [2.05, 4.69) is 39.0 Å². The Kier molecular flexibility index (Phi) is 3.81. The van der Waals surface area contributed by atoms with Crippen molar-refractivity contribution in [2.75, 3.05) is 6.54 Å². The Bertz CT molecular complexity index is 569. The Morgan fingerprint density at radius 1 is 1.05 bits per heavy atom. The molecule has 0 aliphatic carbocycles. The summed E-state index contributed by atoms with van der Waals surface area (Å²) in [4.78, 5) is 0. The monoisotopic (exact) mass is 257 g/mol. The maximum Gasteiger partial charge on any atom is 0.116 e. The van der Waals surface area contributed by atoms with E-state index in [0.29, 0.717) is 18.2 Å². The van der Waals surface area contributed by atoms with Gasteiger partial charge in [-0.25, -0.2) is 0 Å². The molecule has 0 amide bonds. The topological polar surface area (TPSA) is 46.2 Å². The number of fused-ring (bicyclic) bond motifs is 1. The number of benzene rings is 2. The van der Waals surface area contributed by atoms with Crippen LogP contribution in [-0.2, 0) is 0 Å². The van der Waals surface area contributed by atoms with E-state index in [9.17, 15) is 5.11 Å². The molecular formula is C17H23NO. The molecule has 0 saturated heterocycles. The molecule has 3 N–H and O–H groups in total. The van der Waals surface area contributed by atoms with Crippen molar-refractivity contribution in [2.24, 2.45) is 11.1 Å². The Morgan fingerprint density at radius 2 is 1.68 bits per heavy atom. The third-order valence-electron chi connectivity index (χ3n) is 3.46. The fraction of sp³-hybridized carbons (Fsp3) is 0.412. The average Bonchev–Trinajstić information content (AvgIpc) is 2.34. The molecule has 0 radical (unpaired) electrons. The molecule has 2 aromatic carbocycles. The van der Waals surface area contributed by atoms with Crippen LogP contribution in [0.15, 0.2) is 36.4 Å². The first-order chi connectivity index (χ1) is 8.89. The summed E-state index contributed by atoms with van der Waals surface area (Å²) < 4.78 is 0.